The van der Waals surface area contributed by atoms with E-state index in [-0.39, 0.29) is 0 Å². The van der Waals surface area contributed by atoms with E-state index in [0.29, 0.717) is 13.1 Å². The van der Waals surface area contributed by atoms with E-state index in [1.807, 2.05) is 13.0 Å². The van der Waals surface area contributed by atoms with Crippen LogP contribution in [0.15, 0.2) is 6.07 Å². The smallest absolute Gasteiger partial charge is 0.209 e. The van der Waals surface area contributed by atoms with Gasteiger partial charge in [0, 0.05) is 45.3 Å². The summed E-state index contributed by atoms with van der Waals surface area (Å²) in [6.07, 6.45) is 0.900. The molecule has 7 heteroatoms. The van der Waals surface area contributed by atoms with Gasteiger partial charge in [-0.2, -0.15) is 0 Å². The van der Waals surface area contributed by atoms with Crippen molar-refractivity contribution >= 4 is 18.0 Å². The molecule has 1 aromatic rings. The summed E-state index contributed by atoms with van der Waals surface area (Å²) in [6, 6.07) is 1.93. The van der Waals surface area contributed by atoms with Crippen LogP contribution in [0.1, 0.15) is 5.82 Å². The van der Waals surface area contributed by atoms with Gasteiger partial charge in [-0.1, -0.05) is 0 Å². The molecule has 1 fully saturated rings. The summed E-state index contributed by atoms with van der Waals surface area (Å²) >= 11 is 0. The zero-order valence-electron chi connectivity index (χ0n) is 11.2. The van der Waals surface area contributed by atoms with E-state index in [2.05, 4.69) is 20.2 Å². The molecule has 0 saturated carbocycles. The fraction of sp³-hybridized carbons (Fsp3) is 0.583. The van der Waals surface area contributed by atoms with E-state index in [1.165, 1.54) is 0 Å². The second-order valence-electron chi connectivity index (χ2n) is 4.50. The number of carbonyl (C=O) groups is 1. The highest BCUT2D eigenvalue weighted by atomic mass is 16.1. The highest BCUT2D eigenvalue weighted by molar-refractivity contribution is 5.52. The number of rotatable bonds is 5. The first-order chi connectivity index (χ1) is 9.22. The second-order valence-corrected chi connectivity index (χ2v) is 4.50. The fourth-order valence-electron chi connectivity index (χ4n) is 2.06. The molecular formula is C12H20N6O. The Hall–Kier alpha value is -1.89. The van der Waals surface area contributed by atoms with Crippen LogP contribution in [-0.4, -0.2) is 60.5 Å². The molecule has 0 aromatic carbocycles. The number of aromatic nitrogens is 2. The first-order valence-electron chi connectivity index (χ1n) is 6.47. The van der Waals surface area contributed by atoms with Crippen LogP contribution in [0, 0.1) is 6.92 Å². The number of hydrogen-bond donors (Lipinski definition) is 2. The molecule has 1 aromatic heterocycles. The van der Waals surface area contributed by atoms with E-state index >= 15 is 0 Å². The summed E-state index contributed by atoms with van der Waals surface area (Å²) in [6.45, 7) is 6.19. The highest BCUT2D eigenvalue weighted by Gasteiger charge is 2.17. The van der Waals surface area contributed by atoms with E-state index in [1.54, 1.807) is 4.90 Å². The minimum atomic E-state index is 0.566. The van der Waals surface area contributed by atoms with Gasteiger partial charge in [0.2, 0.25) is 6.41 Å². The number of hydrogen-bond acceptors (Lipinski definition) is 6. The van der Waals surface area contributed by atoms with Crippen LogP contribution in [-0.2, 0) is 4.79 Å². The van der Waals surface area contributed by atoms with Crippen LogP contribution < -0.4 is 16.0 Å². The van der Waals surface area contributed by atoms with Crippen molar-refractivity contribution < 1.29 is 4.79 Å². The quantitative estimate of drug-likeness (QED) is 0.693. The third kappa shape index (κ3) is 3.54. The number of amides is 1. The Kier molecular flexibility index (Phi) is 4.51. The van der Waals surface area contributed by atoms with E-state index < -0.39 is 0 Å². The van der Waals surface area contributed by atoms with E-state index in [0.717, 1.165) is 50.0 Å². The molecule has 2 rings (SSSR count). The van der Waals surface area contributed by atoms with Gasteiger partial charge in [0.25, 0.3) is 0 Å². The molecular weight excluding hydrogens is 244 g/mol. The number of nitrogens with two attached hydrogens (primary N) is 1. The lowest BCUT2D eigenvalue weighted by Crippen LogP contribution is -2.46. The second kappa shape index (κ2) is 6.33. The predicted octanol–water partition coefficient (Wildman–Crippen LogP) is -0.566. The first kappa shape index (κ1) is 13.5. The summed E-state index contributed by atoms with van der Waals surface area (Å²) < 4.78 is 0. The molecule has 1 aliphatic rings. The van der Waals surface area contributed by atoms with Gasteiger partial charge in [0.05, 0.1) is 0 Å². The monoisotopic (exact) mass is 264 g/mol. The largest absolute Gasteiger partial charge is 0.369 e. The molecule has 0 unspecified atom stereocenters. The van der Waals surface area contributed by atoms with Gasteiger partial charge in [0.1, 0.15) is 17.5 Å². The van der Waals surface area contributed by atoms with Crippen LogP contribution in [0.5, 0.6) is 0 Å². The SMILES string of the molecule is Cc1nc(NCCN)cc(N2CCN(C=O)CC2)n1. The summed E-state index contributed by atoms with van der Waals surface area (Å²) in [5, 5.41) is 3.17. The molecule has 0 bridgehead atoms. The Balaban J connectivity index is 2.07. The molecule has 7 nitrogen and oxygen atoms in total. The lowest BCUT2D eigenvalue weighted by molar-refractivity contribution is -0.118. The third-order valence-corrected chi connectivity index (χ3v) is 3.06. The van der Waals surface area contributed by atoms with E-state index in [4.69, 9.17) is 5.73 Å². The number of piperazine rings is 1. The lowest BCUT2D eigenvalue weighted by atomic mass is 10.3. The molecule has 2 heterocycles. The Morgan fingerprint density at radius 2 is 2.11 bits per heavy atom. The Morgan fingerprint density at radius 3 is 2.74 bits per heavy atom. The van der Waals surface area contributed by atoms with Gasteiger partial charge in [-0.15, -0.1) is 0 Å². The number of aryl methyl sites for hydroxylation is 1. The van der Waals surface area contributed by atoms with Gasteiger partial charge in [-0.25, -0.2) is 9.97 Å². The number of nitrogens with one attached hydrogen (secondary N) is 1. The molecule has 0 atom stereocenters. The van der Waals surface area contributed by atoms with Gasteiger partial charge in [-0.05, 0) is 6.92 Å². The van der Waals surface area contributed by atoms with Crippen molar-refractivity contribution in [2.24, 2.45) is 5.73 Å². The zero-order chi connectivity index (χ0) is 13.7. The van der Waals surface area contributed by atoms with Crippen LogP contribution in [0.25, 0.3) is 0 Å². The summed E-state index contributed by atoms with van der Waals surface area (Å²) in [5.41, 5.74) is 5.47. The van der Waals surface area contributed by atoms with Crippen molar-refractivity contribution in [1.29, 1.82) is 0 Å². The van der Waals surface area contributed by atoms with Crippen molar-refractivity contribution in [3.63, 3.8) is 0 Å². The highest BCUT2D eigenvalue weighted by Crippen LogP contribution is 2.17. The standard InChI is InChI=1S/C12H20N6O/c1-10-15-11(14-3-2-13)8-12(16-10)18-6-4-17(9-19)5-7-18/h8-9H,2-7,13H2,1H3,(H,14,15,16). The minimum absolute atomic E-state index is 0.566. The van der Waals surface area contributed by atoms with Crippen LogP contribution in [0.4, 0.5) is 11.6 Å². The number of anilines is 2. The molecule has 3 N–H and O–H groups in total. The van der Waals surface area contributed by atoms with E-state index in [9.17, 15) is 4.79 Å². The molecule has 19 heavy (non-hydrogen) atoms. The zero-order valence-corrected chi connectivity index (χ0v) is 11.2. The van der Waals surface area contributed by atoms with Crippen molar-refractivity contribution in [3.05, 3.63) is 11.9 Å². The molecule has 0 radical (unpaired) electrons. The average Bonchev–Trinajstić information content (AvgIpc) is 2.44. The summed E-state index contributed by atoms with van der Waals surface area (Å²) in [4.78, 5) is 23.4. The van der Waals surface area contributed by atoms with Gasteiger partial charge in [-0.3, -0.25) is 4.79 Å². The third-order valence-electron chi connectivity index (χ3n) is 3.06. The van der Waals surface area contributed by atoms with Crippen molar-refractivity contribution in [3.8, 4) is 0 Å². The maximum Gasteiger partial charge on any atom is 0.209 e. The first-order valence-corrected chi connectivity index (χ1v) is 6.47. The maximum atomic E-state index is 10.7. The molecule has 104 valence electrons. The molecule has 1 amide bonds. The Morgan fingerprint density at radius 1 is 1.37 bits per heavy atom. The van der Waals surface area contributed by atoms with Crippen molar-refractivity contribution in [2.75, 3.05) is 49.5 Å². The lowest BCUT2D eigenvalue weighted by Gasteiger charge is -2.33. The minimum Gasteiger partial charge on any atom is -0.369 e. The molecule has 1 aliphatic heterocycles. The maximum absolute atomic E-state index is 10.7. The molecule has 0 spiro atoms. The van der Waals surface area contributed by atoms with Gasteiger partial charge in [0.15, 0.2) is 0 Å². The number of nitrogens with zero attached hydrogens (tertiary/aromatic N) is 4. The molecule has 0 aliphatic carbocycles. The Bertz CT molecular complexity index is 430. The summed E-state index contributed by atoms with van der Waals surface area (Å²) in [7, 11) is 0. The van der Waals surface area contributed by atoms with Crippen molar-refractivity contribution in [1.82, 2.24) is 14.9 Å². The molecule has 1 saturated heterocycles. The summed E-state index contributed by atoms with van der Waals surface area (Å²) in [5.74, 6) is 2.43. The number of carbonyl (C=O) groups excluding carboxylic acids is 1. The predicted molar refractivity (Wildman–Crippen MR) is 74.2 cm³/mol. The van der Waals surface area contributed by atoms with Crippen LogP contribution in [0.3, 0.4) is 0 Å². The Labute approximate surface area is 112 Å². The van der Waals surface area contributed by atoms with Crippen LogP contribution >= 0.6 is 0 Å². The van der Waals surface area contributed by atoms with Crippen LogP contribution in [0.2, 0.25) is 0 Å². The van der Waals surface area contributed by atoms with Gasteiger partial charge < -0.3 is 20.9 Å². The fourth-order valence-corrected chi connectivity index (χ4v) is 2.06. The van der Waals surface area contributed by atoms with Gasteiger partial charge >= 0.3 is 0 Å². The topological polar surface area (TPSA) is 87.4 Å². The normalized spacial score (nSPS) is 15.5. The van der Waals surface area contributed by atoms with Crippen molar-refractivity contribution in [2.45, 2.75) is 6.92 Å². The average molecular weight is 264 g/mol.